The monoisotopic (exact) mass is 591 g/mol. The predicted octanol–water partition coefficient (Wildman–Crippen LogP) is 6.21. The summed E-state index contributed by atoms with van der Waals surface area (Å²) in [7, 11) is -3.85. The first-order valence-corrected chi connectivity index (χ1v) is 15.4. The first-order valence-electron chi connectivity index (χ1n) is 12.5. The van der Waals surface area contributed by atoms with Crippen LogP contribution in [0.15, 0.2) is 108 Å². The lowest BCUT2D eigenvalue weighted by Gasteiger charge is -2.24. The molecule has 1 fully saturated rings. The summed E-state index contributed by atoms with van der Waals surface area (Å²) >= 11 is 7.65. The molecule has 2 N–H and O–H groups in total. The summed E-state index contributed by atoms with van der Waals surface area (Å²) in [5.41, 5.74) is 3.33. The lowest BCUT2D eigenvalue weighted by atomic mass is 10.1. The van der Waals surface area contributed by atoms with E-state index in [9.17, 15) is 18.0 Å². The molecule has 0 saturated carbocycles. The molecule has 5 rings (SSSR count). The Morgan fingerprint density at radius 2 is 1.57 bits per heavy atom. The normalized spacial score (nSPS) is 15.2. The summed E-state index contributed by atoms with van der Waals surface area (Å²) < 4.78 is 27.9. The Hall–Kier alpha value is -3.79. The third kappa shape index (κ3) is 6.50. The van der Waals surface area contributed by atoms with E-state index in [1.54, 1.807) is 48.2 Å². The van der Waals surface area contributed by atoms with Crippen molar-refractivity contribution in [3.63, 3.8) is 0 Å². The number of nitrogens with one attached hydrogen (secondary N) is 2. The molecule has 1 atom stereocenters. The largest absolute Gasteiger partial charge is 0.326 e. The third-order valence-corrected chi connectivity index (χ3v) is 9.42. The fourth-order valence-electron chi connectivity index (χ4n) is 4.33. The number of anilines is 2. The number of hydrogen-bond acceptors (Lipinski definition) is 5. The number of rotatable bonds is 9. The van der Waals surface area contributed by atoms with E-state index in [-0.39, 0.29) is 27.8 Å². The van der Waals surface area contributed by atoms with Gasteiger partial charge in [0.15, 0.2) is 0 Å². The van der Waals surface area contributed by atoms with Crippen LogP contribution in [-0.2, 0) is 21.2 Å². The van der Waals surface area contributed by atoms with Crippen molar-refractivity contribution < 1.29 is 18.0 Å². The minimum Gasteiger partial charge on any atom is -0.326 e. The molecule has 40 heavy (non-hydrogen) atoms. The number of carbonyl (C=O) groups is 2. The Morgan fingerprint density at radius 3 is 2.27 bits per heavy atom. The molecule has 0 spiro atoms. The molecule has 0 aliphatic carbocycles. The van der Waals surface area contributed by atoms with Crippen molar-refractivity contribution in [2.24, 2.45) is 0 Å². The Balaban J connectivity index is 1.21. The van der Waals surface area contributed by atoms with Gasteiger partial charge in [-0.25, -0.2) is 8.42 Å². The summed E-state index contributed by atoms with van der Waals surface area (Å²) in [5.74, 6) is 0.217. The van der Waals surface area contributed by atoms with Crippen LogP contribution in [-0.4, -0.2) is 37.4 Å². The number of nitrogens with zero attached hydrogens (tertiary/aromatic N) is 1. The van der Waals surface area contributed by atoms with E-state index in [2.05, 4.69) is 22.2 Å². The molecule has 2 amide bonds. The summed E-state index contributed by atoms with van der Waals surface area (Å²) in [6.45, 7) is 0.627. The second-order valence-corrected chi connectivity index (χ2v) is 12.3. The van der Waals surface area contributed by atoms with Gasteiger partial charge in [-0.3, -0.25) is 14.3 Å². The standard InChI is InChI=1S/C30H26ClN3O4S2/c31-26-8-4-5-9-27(26)33-40(37,38)25-16-14-24(15-17-25)32-29(36)22-10-12-23(13-11-22)30-34(28(35)20-39-30)19-18-21-6-2-1-3-7-21/h1-17,30,33H,18-20H2,(H,32,36)/t30-/m1/s1. The molecular formula is C30H26ClN3O4S2. The maximum absolute atomic E-state index is 12.9. The molecule has 4 aromatic rings. The molecule has 1 saturated heterocycles. The van der Waals surface area contributed by atoms with Gasteiger partial charge in [0, 0.05) is 17.8 Å². The smallest absolute Gasteiger partial charge is 0.261 e. The van der Waals surface area contributed by atoms with E-state index in [0.717, 1.165) is 12.0 Å². The Morgan fingerprint density at radius 1 is 0.900 bits per heavy atom. The maximum Gasteiger partial charge on any atom is 0.261 e. The molecule has 1 heterocycles. The van der Waals surface area contributed by atoms with Crippen molar-refractivity contribution in [1.82, 2.24) is 4.90 Å². The first kappa shape index (κ1) is 27.8. The average molecular weight is 592 g/mol. The molecule has 1 aliphatic heterocycles. The van der Waals surface area contributed by atoms with Crippen LogP contribution < -0.4 is 10.0 Å². The van der Waals surface area contributed by atoms with Crippen molar-refractivity contribution in [3.8, 4) is 0 Å². The van der Waals surface area contributed by atoms with Crippen molar-refractivity contribution in [3.05, 3.63) is 125 Å². The Labute approximate surface area is 242 Å². The van der Waals surface area contributed by atoms with Gasteiger partial charge in [0.2, 0.25) is 5.91 Å². The highest BCUT2D eigenvalue weighted by Crippen LogP contribution is 2.38. The topological polar surface area (TPSA) is 95.6 Å². The fraction of sp³-hybridized carbons (Fsp3) is 0.133. The number of thioether (sulfide) groups is 1. The van der Waals surface area contributed by atoms with E-state index >= 15 is 0 Å². The van der Waals surface area contributed by atoms with Crippen LogP contribution >= 0.6 is 23.4 Å². The van der Waals surface area contributed by atoms with Gasteiger partial charge in [0.1, 0.15) is 5.37 Å². The summed E-state index contributed by atoms with van der Waals surface area (Å²) in [6, 6.07) is 29.7. The lowest BCUT2D eigenvalue weighted by molar-refractivity contribution is -0.128. The minimum absolute atomic E-state index is 0.0372. The van der Waals surface area contributed by atoms with Crippen LogP contribution in [0.4, 0.5) is 11.4 Å². The molecule has 0 bridgehead atoms. The van der Waals surface area contributed by atoms with E-state index in [1.807, 2.05) is 35.2 Å². The lowest BCUT2D eigenvalue weighted by Crippen LogP contribution is -2.30. The number of benzene rings is 4. The first-order chi connectivity index (χ1) is 19.3. The number of sulfonamides is 1. The second kappa shape index (κ2) is 12.2. The van der Waals surface area contributed by atoms with Gasteiger partial charge in [0.25, 0.3) is 15.9 Å². The number of amides is 2. The van der Waals surface area contributed by atoms with Gasteiger partial charge in [-0.15, -0.1) is 11.8 Å². The maximum atomic E-state index is 12.9. The van der Waals surface area contributed by atoms with E-state index < -0.39 is 10.0 Å². The molecule has 4 aromatic carbocycles. The number of halogens is 1. The fourth-order valence-corrected chi connectivity index (χ4v) is 6.87. The van der Waals surface area contributed by atoms with Crippen molar-refractivity contribution >= 4 is 56.6 Å². The SMILES string of the molecule is O=C(Nc1ccc(S(=O)(=O)Nc2ccccc2Cl)cc1)c1ccc([C@H]2SCC(=O)N2CCc2ccccc2)cc1. The van der Waals surface area contributed by atoms with Crippen molar-refractivity contribution in [2.75, 3.05) is 22.3 Å². The molecule has 0 radical (unpaired) electrons. The zero-order valence-electron chi connectivity index (χ0n) is 21.3. The van der Waals surface area contributed by atoms with Gasteiger partial charge >= 0.3 is 0 Å². The van der Waals surface area contributed by atoms with Crippen LogP contribution in [0.25, 0.3) is 0 Å². The van der Waals surface area contributed by atoms with Gasteiger partial charge < -0.3 is 10.2 Å². The molecule has 1 aliphatic rings. The zero-order chi connectivity index (χ0) is 28.1. The molecule has 0 aromatic heterocycles. The van der Waals surface area contributed by atoms with Crippen LogP contribution in [0.3, 0.4) is 0 Å². The highest BCUT2D eigenvalue weighted by Gasteiger charge is 2.32. The Kier molecular flexibility index (Phi) is 8.44. The van der Waals surface area contributed by atoms with Crippen LogP contribution in [0.1, 0.15) is 26.9 Å². The minimum atomic E-state index is -3.85. The van der Waals surface area contributed by atoms with E-state index in [4.69, 9.17) is 11.6 Å². The van der Waals surface area contributed by atoms with Gasteiger partial charge in [-0.2, -0.15) is 0 Å². The molecule has 7 nitrogen and oxygen atoms in total. The van der Waals surface area contributed by atoms with Crippen molar-refractivity contribution in [2.45, 2.75) is 16.7 Å². The van der Waals surface area contributed by atoms with E-state index in [1.165, 1.54) is 29.8 Å². The summed E-state index contributed by atoms with van der Waals surface area (Å²) in [4.78, 5) is 27.3. The van der Waals surface area contributed by atoms with Gasteiger partial charge in [-0.1, -0.05) is 66.2 Å². The van der Waals surface area contributed by atoms with Crippen LogP contribution in [0.5, 0.6) is 0 Å². The van der Waals surface area contributed by atoms with Gasteiger partial charge in [-0.05, 0) is 66.1 Å². The summed E-state index contributed by atoms with van der Waals surface area (Å²) in [5, 5.41) is 2.99. The van der Waals surface area contributed by atoms with Crippen LogP contribution in [0, 0.1) is 0 Å². The number of carbonyl (C=O) groups excluding carboxylic acids is 2. The molecule has 0 unspecified atom stereocenters. The summed E-state index contributed by atoms with van der Waals surface area (Å²) in [6.07, 6.45) is 0.778. The molecule has 204 valence electrons. The van der Waals surface area contributed by atoms with E-state index in [0.29, 0.717) is 28.6 Å². The molecular weight excluding hydrogens is 566 g/mol. The zero-order valence-corrected chi connectivity index (χ0v) is 23.7. The average Bonchev–Trinajstić information content (AvgIpc) is 3.34. The molecule has 10 heteroatoms. The highest BCUT2D eigenvalue weighted by molar-refractivity contribution is 8.00. The van der Waals surface area contributed by atoms with Crippen LogP contribution in [0.2, 0.25) is 5.02 Å². The second-order valence-electron chi connectivity index (χ2n) is 9.17. The van der Waals surface area contributed by atoms with Crippen molar-refractivity contribution in [1.29, 1.82) is 0 Å². The highest BCUT2D eigenvalue weighted by atomic mass is 35.5. The number of hydrogen-bond donors (Lipinski definition) is 2. The van der Waals surface area contributed by atoms with Gasteiger partial charge in [0.05, 0.1) is 21.4 Å². The number of para-hydroxylation sites is 1. The third-order valence-electron chi connectivity index (χ3n) is 6.45. The Bertz CT molecular complexity index is 1610. The predicted molar refractivity (Wildman–Crippen MR) is 160 cm³/mol. The quantitative estimate of drug-likeness (QED) is 0.241.